The number of benzene rings is 1. The van der Waals surface area contributed by atoms with Gasteiger partial charge in [-0.2, -0.15) is 0 Å². The van der Waals surface area contributed by atoms with E-state index >= 15 is 0 Å². The number of ketones is 1. The molecular formula is C15H17NO3. The molecule has 0 aliphatic carbocycles. The highest BCUT2D eigenvalue weighted by Crippen LogP contribution is 2.32. The lowest BCUT2D eigenvalue weighted by molar-refractivity contribution is -0.142. The Morgan fingerprint density at radius 2 is 1.58 bits per heavy atom. The monoisotopic (exact) mass is 259 g/mol. The Morgan fingerprint density at radius 3 is 2.00 bits per heavy atom. The lowest BCUT2D eigenvalue weighted by Crippen LogP contribution is -2.30. The second-order valence-corrected chi connectivity index (χ2v) is 5.00. The van der Waals surface area contributed by atoms with Crippen LogP contribution in [0.5, 0.6) is 0 Å². The maximum atomic E-state index is 12.2. The van der Waals surface area contributed by atoms with Crippen molar-refractivity contribution in [1.29, 1.82) is 0 Å². The van der Waals surface area contributed by atoms with Crippen molar-refractivity contribution < 1.29 is 14.4 Å². The molecule has 0 N–H and O–H groups in total. The predicted octanol–water partition coefficient (Wildman–Crippen LogP) is 1.65. The lowest BCUT2D eigenvalue weighted by Gasteiger charge is -2.15. The number of likely N-dealkylation sites (N-methyl/N-ethyl adjacent to an activating group) is 1. The highest BCUT2D eigenvalue weighted by atomic mass is 16.2. The number of amides is 2. The third-order valence-electron chi connectivity index (χ3n) is 3.57. The van der Waals surface area contributed by atoms with Gasteiger partial charge in [-0.25, -0.2) is 0 Å². The number of nitrogens with zero attached hydrogens (tertiary/aromatic N) is 1. The van der Waals surface area contributed by atoms with Crippen molar-refractivity contribution in [3.63, 3.8) is 0 Å². The number of carbonyl (C=O) groups excluding carboxylic acids is 3. The molecule has 1 aliphatic heterocycles. The first-order valence-corrected chi connectivity index (χ1v) is 6.35. The van der Waals surface area contributed by atoms with Crippen LogP contribution >= 0.6 is 0 Å². The molecule has 4 nitrogen and oxygen atoms in total. The first-order chi connectivity index (χ1) is 8.88. The van der Waals surface area contributed by atoms with Crippen molar-refractivity contribution in [1.82, 2.24) is 4.90 Å². The van der Waals surface area contributed by atoms with Gasteiger partial charge >= 0.3 is 0 Å². The summed E-state index contributed by atoms with van der Waals surface area (Å²) in [6.45, 7) is 7.64. The lowest BCUT2D eigenvalue weighted by atomic mass is 9.88. The Morgan fingerprint density at radius 1 is 1.05 bits per heavy atom. The van der Waals surface area contributed by atoms with Crippen LogP contribution in [-0.2, 0) is 14.4 Å². The molecular weight excluding hydrogens is 242 g/mol. The second kappa shape index (κ2) is 4.61. The molecule has 1 atom stereocenters. The molecule has 0 aromatic heterocycles. The summed E-state index contributed by atoms with van der Waals surface area (Å²) in [5.41, 5.74) is 3.53. The number of carbonyl (C=O) groups is 3. The van der Waals surface area contributed by atoms with Crippen molar-refractivity contribution in [2.45, 2.75) is 33.6 Å². The molecule has 0 bridgehead atoms. The predicted molar refractivity (Wildman–Crippen MR) is 70.8 cm³/mol. The molecule has 1 aliphatic rings. The SMILES string of the molecule is CCN1C(=O)C(=O)C(c2c(C)cc(C)cc2C)C1=O. The Balaban J connectivity index is 2.57. The Hall–Kier alpha value is -1.97. The summed E-state index contributed by atoms with van der Waals surface area (Å²) in [7, 11) is 0. The maximum absolute atomic E-state index is 12.2. The number of aryl methyl sites for hydroxylation is 3. The number of likely N-dealkylation sites (tertiary alicyclic amines) is 1. The van der Waals surface area contributed by atoms with Crippen LogP contribution in [0.2, 0.25) is 0 Å². The van der Waals surface area contributed by atoms with Crippen LogP contribution in [0.3, 0.4) is 0 Å². The van der Waals surface area contributed by atoms with Crippen LogP contribution in [0.4, 0.5) is 0 Å². The molecule has 1 saturated heterocycles. The van der Waals surface area contributed by atoms with Crippen molar-refractivity contribution in [2.24, 2.45) is 0 Å². The average molecular weight is 259 g/mol. The first kappa shape index (κ1) is 13.5. The Bertz CT molecular complexity index is 566. The zero-order valence-electron chi connectivity index (χ0n) is 11.6. The third kappa shape index (κ3) is 1.97. The number of imide groups is 1. The molecule has 19 heavy (non-hydrogen) atoms. The summed E-state index contributed by atoms with van der Waals surface area (Å²) in [4.78, 5) is 37.1. The molecule has 1 unspecified atom stereocenters. The minimum atomic E-state index is -0.951. The minimum Gasteiger partial charge on any atom is -0.287 e. The average Bonchev–Trinajstić information content (AvgIpc) is 2.52. The summed E-state index contributed by atoms with van der Waals surface area (Å²) >= 11 is 0. The number of rotatable bonds is 2. The zero-order chi connectivity index (χ0) is 14.3. The molecule has 2 rings (SSSR count). The summed E-state index contributed by atoms with van der Waals surface area (Å²) in [6.07, 6.45) is 0. The fourth-order valence-electron chi connectivity index (χ4n) is 2.83. The van der Waals surface area contributed by atoms with Gasteiger partial charge in [0.25, 0.3) is 5.91 Å². The van der Waals surface area contributed by atoms with E-state index in [4.69, 9.17) is 0 Å². The van der Waals surface area contributed by atoms with Crippen LogP contribution < -0.4 is 0 Å². The fourth-order valence-corrected chi connectivity index (χ4v) is 2.83. The van der Waals surface area contributed by atoms with Gasteiger partial charge in [0, 0.05) is 6.54 Å². The molecule has 1 fully saturated rings. The van der Waals surface area contributed by atoms with Gasteiger partial charge in [-0.05, 0) is 44.4 Å². The van der Waals surface area contributed by atoms with Crippen molar-refractivity contribution in [2.75, 3.05) is 6.54 Å². The van der Waals surface area contributed by atoms with Crippen molar-refractivity contribution >= 4 is 17.6 Å². The molecule has 1 aromatic rings. The molecule has 2 amide bonds. The van der Waals surface area contributed by atoms with Gasteiger partial charge in [0.15, 0.2) is 0 Å². The minimum absolute atomic E-state index is 0.240. The van der Waals surface area contributed by atoms with Gasteiger partial charge in [0.2, 0.25) is 11.7 Å². The summed E-state index contributed by atoms with van der Waals surface area (Å²) in [5.74, 6) is -2.64. The van der Waals surface area contributed by atoms with E-state index < -0.39 is 23.5 Å². The molecule has 0 saturated carbocycles. The van der Waals surface area contributed by atoms with E-state index in [0.717, 1.165) is 21.6 Å². The first-order valence-electron chi connectivity index (χ1n) is 6.35. The smallest absolute Gasteiger partial charge is 0.287 e. The van der Waals surface area contributed by atoms with Gasteiger partial charge in [-0.15, -0.1) is 0 Å². The molecule has 4 heteroatoms. The number of hydrogen-bond acceptors (Lipinski definition) is 3. The van der Waals surface area contributed by atoms with Crippen LogP contribution in [0.15, 0.2) is 12.1 Å². The van der Waals surface area contributed by atoms with E-state index in [1.807, 2.05) is 32.9 Å². The van der Waals surface area contributed by atoms with Crippen LogP contribution in [-0.4, -0.2) is 29.0 Å². The molecule has 1 aromatic carbocycles. The normalized spacial score (nSPS) is 19.5. The van der Waals surface area contributed by atoms with Gasteiger partial charge in [0.1, 0.15) is 5.92 Å². The summed E-state index contributed by atoms with van der Waals surface area (Å²) in [5, 5.41) is 0. The van der Waals surface area contributed by atoms with Gasteiger partial charge < -0.3 is 0 Å². The van der Waals surface area contributed by atoms with Crippen LogP contribution in [0.25, 0.3) is 0 Å². The Kier molecular flexibility index (Phi) is 3.27. The van der Waals surface area contributed by atoms with Gasteiger partial charge in [-0.3, -0.25) is 19.3 Å². The number of Topliss-reactive ketones (excluding diaryl/α,β-unsaturated/α-hetero) is 1. The van der Waals surface area contributed by atoms with E-state index in [9.17, 15) is 14.4 Å². The third-order valence-corrected chi connectivity index (χ3v) is 3.57. The molecule has 1 heterocycles. The topological polar surface area (TPSA) is 54.5 Å². The van der Waals surface area contributed by atoms with Crippen molar-refractivity contribution in [3.05, 3.63) is 34.4 Å². The molecule has 100 valence electrons. The standard InChI is InChI=1S/C15H17NO3/c1-5-16-14(18)12(13(17)15(16)19)11-9(3)6-8(2)7-10(11)4/h6-7,12H,5H2,1-4H3. The Labute approximate surface area is 112 Å². The summed E-state index contributed by atoms with van der Waals surface area (Å²) in [6, 6.07) is 3.87. The van der Waals surface area contributed by atoms with Crippen molar-refractivity contribution in [3.8, 4) is 0 Å². The van der Waals surface area contributed by atoms with Gasteiger partial charge in [0.05, 0.1) is 0 Å². The summed E-state index contributed by atoms with van der Waals surface area (Å²) < 4.78 is 0. The van der Waals surface area contributed by atoms with Gasteiger partial charge in [-0.1, -0.05) is 17.7 Å². The van der Waals surface area contributed by atoms with E-state index in [1.54, 1.807) is 6.92 Å². The molecule has 0 radical (unpaired) electrons. The highest BCUT2D eigenvalue weighted by molar-refractivity contribution is 6.49. The quantitative estimate of drug-likeness (QED) is 0.461. The maximum Gasteiger partial charge on any atom is 0.297 e. The van der Waals surface area contributed by atoms with E-state index in [1.165, 1.54) is 0 Å². The molecule has 0 spiro atoms. The highest BCUT2D eigenvalue weighted by Gasteiger charge is 2.47. The van der Waals surface area contributed by atoms with Crippen LogP contribution in [0.1, 0.15) is 35.1 Å². The van der Waals surface area contributed by atoms with E-state index in [-0.39, 0.29) is 6.54 Å². The van der Waals surface area contributed by atoms with Crippen LogP contribution in [0, 0.1) is 20.8 Å². The van der Waals surface area contributed by atoms with E-state index in [2.05, 4.69) is 0 Å². The largest absolute Gasteiger partial charge is 0.297 e. The fraction of sp³-hybridized carbons (Fsp3) is 0.400. The second-order valence-electron chi connectivity index (χ2n) is 5.00. The number of hydrogen-bond donors (Lipinski definition) is 0. The van der Waals surface area contributed by atoms with E-state index in [0.29, 0.717) is 5.56 Å². The zero-order valence-corrected chi connectivity index (χ0v) is 11.6.